The topological polar surface area (TPSA) is 83.8 Å². The lowest BCUT2D eigenvalue weighted by Gasteiger charge is -2.17. The maximum atomic E-state index is 11.3. The van der Waals surface area contributed by atoms with Crippen molar-refractivity contribution in [1.82, 2.24) is 9.97 Å². The fourth-order valence-corrected chi connectivity index (χ4v) is 2.48. The van der Waals surface area contributed by atoms with Gasteiger partial charge in [0.25, 0.3) is 0 Å². The van der Waals surface area contributed by atoms with Crippen LogP contribution in [0.25, 0.3) is 11.3 Å². The van der Waals surface area contributed by atoms with Crippen molar-refractivity contribution < 1.29 is 4.79 Å². The Morgan fingerprint density at radius 1 is 1.37 bits per heavy atom. The molecule has 98 valence electrons. The number of halogens is 1. The summed E-state index contributed by atoms with van der Waals surface area (Å²) in [5, 5.41) is 3.34. The largest absolute Gasteiger partial charge is 0.331 e. The van der Waals surface area contributed by atoms with E-state index in [1.165, 1.54) is 0 Å². The molecule has 0 spiro atoms. The number of aromatic amines is 1. The first-order valence-corrected chi connectivity index (χ1v) is 6.43. The number of H-pyrrole nitrogens is 1. The lowest BCUT2D eigenvalue weighted by Crippen LogP contribution is -2.18. The SMILES string of the molecule is NCc1nc(-c2ccc3c(c2)CCC(=O)N3)c(Cl)[nH]1. The molecule has 0 bridgehead atoms. The second-order valence-electron chi connectivity index (χ2n) is 4.47. The van der Waals surface area contributed by atoms with Gasteiger partial charge in [-0.2, -0.15) is 0 Å². The number of anilines is 1. The Kier molecular flexibility index (Phi) is 3.00. The summed E-state index contributed by atoms with van der Waals surface area (Å²) in [5.74, 6) is 0.717. The molecule has 0 unspecified atom stereocenters. The summed E-state index contributed by atoms with van der Waals surface area (Å²) in [6.07, 6.45) is 1.25. The van der Waals surface area contributed by atoms with E-state index in [4.69, 9.17) is 17.3 Å². The van der Waals surface area contributed by atoms with Gasteiger partial charge in [-0.05, 0) is 24.1 Å². The van der Waals surface area contributed by atoms with E-state index in [2.05, 4.69) is 15.3 Å². The van der Waals surface area contributed by atoms with E-state index < -0.39 is 0 Å². The van der Waals surface area contributed by atoms with E-state index in [1.54, 1.807) is 0 Å². The Bertz CT molecular complexity index is 650. The Hall–Kier alpha value is -1.85. The van der Waals surface area contributed by atoms with Crippen LogP contribution in [-0.4, -0.2) is 15.9 Å². The van der Waals surface area contributed by atoms with E-state index in [1.807, 2.05) is 18.2 Å². The Balaban J connectivity index is 2.02. The van der Waals surface area contributed by atoms with Crippen LogP contribution >= 0.6 is 11.6 Å². The third-order valence-corrected chi connectivity index (χ3v) is 3.45. The summed E-state index contributed by atoms with van der Waals surface area (Å²) < 4.78 is 0. The number of hydrogen-bond donors (Lipinski definition) is 3. The van der Waals surface area contributed by atoms with E-state index >= 15 is 0 Å². The van der Waals surface area contributed by atoms with Gasteiger partial charge in [-0.3, -0.25) is 4.79 Å². The molecule has 3 rings (SSSR count). The molecule has 2 aromatic rings. The van der Waals surface area contributed by atoms with Crippen molar-refractivity contribution in [3.8, 4) is 11.3 Å². The summed E-state index contributed by atoms with van der Waals surface area (Å²) in [6.45, 7) is 0.320. The van der Waals surface area contributed by atoms with Gasteiger partial charge in [0.05, 0.1) is 6.54 Å². The molecule has 1 aliphatic rings. The van der Waals surface area contributed by atoms with Gasteiger partial charge < -0.3 is 16.0 Å². The minimum Gasteiger partial charge on any atom is -0.331 e. The molecule has 2 heterocycles. The van der Waals surface area contributed by atoms with Gasteiger partial charge in [0, 0.05) is 17.7 Å². The summed E-state index contributed by atoms with van der Waals surface area (Å²) in [4.78, 5) is 18.6. The van der Waals surface area contributed by atoms with Crippen molar-refractivity contribution in [1.29, 1.82) is 0 Å². The summed E-state index contributed by atoms with van der Waals surface area (Å²) in [5.41, 5.74) is 9.13. The van der Waals surface area contributed by atoms with Crippen LogP contribution in [0.2, 0.25) is 5.15 Å². The second kappa shape index (κ2) is 4.68. The normalized spacial score (nSPS) is 14.1. The van der Waals surface area contributed by atoms with Crippen LogP contribution in [0.15, 0.2) is 18.2 Å². The quantitative estimate of drug-likeness (QED) is 0.785. The first-order valence-electron chi connectivity index (χ1n) is 6.05. The molecule has 0 aliphatic carbocycles. The zero-order valence-electron chi connectivity index (χ0n) is 10.2. The van der Waals surface area contributed by atoms with Crippen molar-refractivity contribution in [2.24, 2.45) is 5.73 Å². The zero-order chi connectivity index (χ0) is 13.4. The number of benzene rings is 1. The van der Waals surface area contributed by atoms with E-state index in [9.17, 15) is 4.79 Å². The number of carbonyl (C=O) groups is 1. The fourth-order valence-electron chi connectivity index (χ4n) is 2.22. The molecule has 1 aromatic heterocycles. The van der Waals surface area contributed by atoms with E-state index in [-0.39, 0.29) is 5.91 Å². The number of nitrogens with zero attached hydrogens (tertiary/aromatic N) is 1. The summed E-state index contributed by atoms with van der Waals surface area (Å²) in [7, 11) is 0. The maximum Gasteiger partial charge on any atom is 0.224 e. The smallest absolute Gasteiger partial charge is 0.224 e. The van der Waals surface area contributed by atoms with Crippen molar-refractivity contribution in [2.75, 3.05) is 5.32 Å². The number of aryl methyl sites for hydroxylation is 1. The molecule has 4 N–H and O–H groups in total. The highest BCUT2D eigenvalue weighted by molar-refractivity contribution is 6.31. The number of aromatic nitrogens is 2. The molecule has 6 heteroatoms. The predicted molar refractivity (Wildman–Crippen MR) is 73.9 cm³/mol. The third-order valence-electron chi connectivity index (χ3n) is 3.18. The molecule has 0 radical (unpaired) electrons. The molecule has 5 nitrogen and oxygen atoms in total. The van der Waals surface area contributed by atoms with E-state index in [0.29, 0.717) is 29.6 Å². The lowest BCUT2D eigenvalue weighted by atomic mass is 9.99. The van der Waals surface area contributed by atoms with Crippen LogP contribution in [0, 0.1) is 0 Å². The fraction of sp³-hybridized carbons (Fsp3) is 0.231. The van der Waals surface area contributed by atoms with Gasteiger partial charge >= 0.3 is 0 Å². The molecule has 0 saturated carbocycles. The van der Waals surface area contributed by atoms with Crippen LogP contribution in [-0.2, 0) is 17.8 Å². The van der Waals surface area contributed by atoms with Crippen molar-refractivity contribution in [3.05, 3.63) is 34.7 Å². The highest BCUT2D eigenvalue weighted by atomic mass is 35.5. The highest BCUT2D eigenvalue weighted by Gasteiger charge is 2.17. The third kappa shape index (κ3) is 2.22. The molecule has 0 atom stereocenters. The Morgan fingerprint density at radius 2 is 2.21 bits per heavy atom. The minimum atomic E-state index is 0.0588. The van der Waals surface area contributed by atoms with Crippen molar-refractivity contribution in [2.45, 2.75) is 19.4 Å². The average Bonchev–Trinajstić information content (AvgIpc) is 2.79. The molecule has 19 heavy (non-hydrogen) atoms. The zero-order valence-corrected chi connectivity index (χ0v) is 10.9. The van der Waals surface area contributed by atoms with Gasteiger partial charge in [0.15, 0.2) is 0 Å². The van der Waals surface area contributed by atoms with Gasteiger partial charge in [-0.25, -0.2) is 4.98 Å². The number of amides is 1. The average molecular weight is 277 g/mol. The second-order valence-corrected chi connectivity index (χ2v) is 4.85. The molecule has 1 aliphatic heterocycles. The maximum absolute atomic E-state index is 11.3. The monoisotopic (exact) mass is 276 g/mol. The molecule has 0 saturated heterocycles. The first-order chi connectivity index (χ1) is 9.17. The predicted octanol–water partition coefficient (Wildman–Crippen LogP) is 2.07. The highest BCUT2D eigenvalue weighted by Crippen LogP contribution is 2.31. The molecule has 1 aromatic carbocycles. The summed E-state index contributed by atoms with van der Waals surface area (Å²) in [6, 6.07) is 5.79. The van der Waals surface area contributed by atoms with Crippen LogP contribution < -0.4 is 11.1 Å². The van der Waals surface area contributed by atoms with E-state index in [0.717, 1.165) is 23.2 Å². The van der Waals surface area contributed by atoms with Crippen LogP contribution in [0.4, 0.5) is 5.69 Å². The Morgan fingerprint density at radius 3 is 2.95 bits per heavy atom. The molecule has 1 amide bonds. The van der Waals surface area contributed by atoms with Crippen LogP contribution in [0.1, 0.15) is 17.8 Å². The number of nitrogens with one attached hydrogen (secondary N) is 2. The van der Waals surface area contributed by atoms with Gasteiger partial charge in [0.2, 0.25) is 5.91 Å². The van der Waals surface area contributed by atoms with Crippen molar-refractivity contribution in [3.63, 3.8) is 0 Å². The first kappa shape index (κ1) is 12.2. The molecular weight excluding hydrogens is 264 g/mol. The number of carbonyl (C=O) groups excluding carboxylic acids is 1. The van der Waals surface area contributed by atoms with Crippen LogP contribution in [0.5, 0.6) is 0 Å². The number of hydrogen-bond acceptors (Lipinski definition) is 3. The minimum absolute atomic E-state index is 0.0588. The standard InChI is InChI=1S/C13H13ClN4O/c14-13-12(17-10(6-15)18-13)8-1-3-9-7(5-8)2-4-11(19)16-9/h1,3,5H,2,4,6,15H2,(H,16,19)(H,17,18). The van der Waals surface area contributed by atoms with Crippen molar-refractivity contribution >= 4 is 23.2 Å². The Labute approximate surface area is 115 Å². The molecule has 0 fully saturated rings. The van der Waals surface area contributed by atoms with Gasteiger partial charge in [0.1, 0.15) is 16.7 Å². The van der Waals surface area contributed by atoms with Gasteiger partial charge in [-0.1, -0.05) is 17.7 Å². The summed E-state index contributed by atoms with van der Waals surface area (Å²) >= 11 is 6.12. The van der Waals surface area contributed by atoms with Gasteiger partial charge in [-0.15, -0.1) is 0 Å². The lowest BCUT2D eigenvalue weighted by molar-refractivity contribution is -0.116. The number of rotatable bonds is 2. The number of imidazole rings is 1. The van der Waals surface area contributed by atoms with Crippen LogP contribution in [0.3, 0.4) is 0 Å². The molecular formula is C13H13ClN4O. The number of fused-ring (bicyclic) bond motifs is 1. The number of nitrogens with two attached hydrogens (primary N) is 1.